The topological polar surface area (TPSA) is 73.0 Å². The molecule has 6 nitrogen and oxygen atoms in total. The van der Waals surface area contributed by atoms with Crippen LogP contribution in [-0.2, 0) is 13.7 Å². The zero-order valence-electron chi connectivity index (χ0n) is 17.7. The zero-order chi connectivity index (χ0) is 22.1. The first-order valence-electron chi connectivity index (χ1n) is 10.2. The van der Waals surface area contributed by atoms with E-state index < -0.39 is 0 Å². The summed E-state index contributed by atoms with van der Waals surface area (Å²) in [6.07, 6.45) is 1.77. The lowest BCUT2D eigenvalue weighted by Crippen LogP contribution is -1.98. The quantitative estimate of drug-likeness (QED) is 0.388. The first-order valence-corrected chi connectivity index (χ1v) is 10.2. The minimum absolute atomic E-state index is 0.432. The third-order valence-electron chi connectivity index (χ3n) is 5.48. The number of aromatic nitrogens is 3. The number of pyridine rings is 1. The van der Waals surface area contributed by atoms with E-state index >= 15 is 0 Å². The molecule has 0 aliphatic heterocycles. The number of nitrogens with zero attached hydrogens (tertiary/aromatic N) is 4. The average molecular weight is 420 g/mol. The Hall–Kier alpha value is -4.37. The number of benzene rings is 3. The van der Waals surface area contributed by atoms with E-state index in [4.69, 9.17) is 14.7 Å². The fourth-order valence-corrected chi connectivity index (χ4v) is 3.93. The molecule has 2 aromatic heterocycles. The van der Waals surface area contributed by atoms with E-state index in [1.165, 1.54) is 0 Å². The van der Waals surface area contributed by atoms with Gasteiger partial charge in [0.1, 0.15) is 12.1 Å². The van der Waals surface area contributed by atoms with E-state index in [0.717, 1.165) is 38.6 Å². The number of rotatable bonds is 5. The zero-order valence-corrected chi connectivity index (χ0v) is 17.7. The van der Waals surface area contributed by atoms with Crippen LogP contribution < -0.4 is 9.47 Å². The smallest absolute Gasteiger partial charge is 0.162 e. The lowest BCUT2D eigenvalue weighted by Gasteiger charge is -2.13. The Morgan fingerprint density at radius 3 is 2.47 bits per heavy atom. The van der Waals surface area contributed by atoms with Gasteiger partial charge < -0.3 is 9.47 Å². The van der Waals surface area contributed by atoms with Gasteiger partial charge in [-0.05, 0) is 23.8 Å². The van der Waals surface area contributed by atoms with Gasteiger partial charge in [0.2, 0.25) is 0 Å². The number of fused-ring (bicyclic) bond motifs is 3. The van der Waals surface area contributed by atoms with Gasteiger partial charge >= 0.3 is 0 Å². The Balaban J connectivity index is 1.68. The van der Waals surface area contributed by atoms with E-state index in [1.54, 1.807) is 13.3 Å². The van der Waals surface area contributed by atoms with Crippen molar-refractivity contribution < 1.29 is 9.47 Å². The molecule has 0 saturated carbocycles. The predicted molar refractivity (Wildman–Crippen MR) is 123 cm³/mol. The van der Waals surface area contributed by atoms with Crippen LogP contribution in [0.4, 0.5) is 0 Å². The maximum Gasteiger partial charge on any atom is 0.162 e. The Morgan fingerprint density at radius 1 is 0.969 bits per heavy atom. The Morgan fingerprint density at radius 2 is 1.75 bits per heavy atom. The molecule has 0 atom stereocenters. The monoisotopic (exact) mass is 420 g/mol. The summed E-state index contributed by atoms with van der Waals surface area (Å²) >= 11 is 0. The first-order chi connectivity index (χ1) is 15.7. The molecule has 0 aliphatic rings. The van der Waals surface area contributed by atoms with E-state index in [-0.39, 0.29) is 0 Å². The SMILES string of the molecule is COc1cc2ncc3nn(C)c(-c4ccc(C#N)cc4)c3c2cc1OCc1ccccc1. The van der Waals surface area contributed by atoms with Crippen LogP contribution >= 0.6 is 0 Å². The number of aryl methyl sites for hydroxylation is 1. The fraction of sp³-hybridized carbons (Fsp3) is 0.115. The number of nitriles is 1. The van der Waals surface area contributed by atoms with Crippen molar-refractivity contribution in [2.45, 2.75) is 6.61 Å². The van der Waals surface area contributed by atoms with Gasteiger partial charge in [-0.25, -0.2) is 0 Å². The van der Waals surface area contributed by atoms with Gasteiger partial charge in [-0.3, -0.25) is 9.67 Å². The van der Waals surface area contributed by atoms with Crippen LogP contribution in [0.5, 0.6) is 11.5 Å². The lowest BCUT2D eigenvalue weighted by molar-refractivity contribution is 0.285. The molecule has 32 heavy (non-hydrogen) atoms. The van der Waals surface area contributed by atoms with Gasteiger partial charge in [-0.2, -0.15) is 10.4 Å². The second kappa shape index (κ2) is 8.05. The van der Waals surface area contributed by atoms with E-state index in [1.807, 2.05) is 78.5 Å². The highest BCUT2D eigenvalue weighted by atomic mass is 16.5. The van der Waals surface area contributed by atoms with Gasteiger partial charge in [0.25, 0.3) is 0 Å². The van der Waals surface area contributed by atoms with Crippen LogP contribution in [0.2, 0.25) is 0 Å². The summed E-state index contributed by atoms with van der Waals surface area (Å²) < 4.78 is 13.6. The van der Waals surface area contributed by atoms with Crippen LogP contribution in [-0.4, -0.2) is 21.9 Å². The summed E-state index contributed by atoms with van der Waals surface area (Å²) in [5.74, 6) is 1.27. The average Bonchev–Trinajstić information content (AvgIpc) is 3.19. The number of hydrogen-bond donors (Lipinski definition) is 0. The Labute approximate surface area is 185 Å². The van der Waals surface area contributed by atoms with Crippen molar-refractivity contribution in [1.29, 1.82) is 5.26 Å². The van der Waals surface area contributed by atoms with Gasteiger partial charge in [-0.15, -0.1) is 0 Å². The third kappa shape index (κ3) is 3.40. The Bertz CT molecular complexity index is 1470. The molecule has 0 amide bonds. The summed E-state index contributed by atoms with van der Waals surface area (Å²) in [6, 6.07) is 23.6. The highest BCUT2D eigenvalue weighted by molar-refractivity contribution is 6.11. The van der Waals surface area contributed by atoms with Gasteiger partial charge in [-0.1, -0.05) is 42.5 Å². The van der Waals surface area contributed by atoms with Crippen molar-refractivity contribution in [3.63, 3.8) is 0 Å². The molecule has 0 aliphatic carbocycles. The van der Waals surface area contributed by atoms with Crippen LogP contribution in [0.25, 0.3) is 33.1 Å². The minimum Gasteiger partial charge on any atom is -0.493 e. The van der Waals surface area contributed by atoms with Crippen molar-refractivity contribution in [3.05, 3.63) is 84.1 Å². The normalized spacial score (nSPS) is 10.9. The maximum atomic E-state index is 9.14. The summed E-state index contributed by atoms with van der Waals surface area (Å²) in [5.41, 5.74) is 5.21. The van der Waals surface area contributed by atoms with Crippen molar-refractivity contribution in [3.8, 4) is 28.8 Å². The molecule has 0 spiro atoms. The first kappa shape index (κ1) is 19.6. The number of ether oxygens (including phenoxy) is 2. The van der Waals surface area contributed by atoms with Gasteiger partial charge in [0.05, 0.1) is 36.1 Å². The van der Waals surface area contributed by atoms with Crippen LogP contribution in [0.1, 0.15) is 11.1 Å². The number of hydrogen-bond acceptors (Lipinski definition) is 5. The molecule has 6 heteroatoms. The van der Waals surface area contributed by atoms with E-state index in [2.05, 4.69) is 16.2 Å². The second-order valence-electron chi connectivity index (χ2n) is 7.47. The Kier molecular flexibility index (Phi) is 4.92. The summed E-state index contributed by atoms with van der Waals surface area (Å²) in [5, 5.41) is 15.7. The van der Waals surface area contributed by atoms with Gasteiger partial charge in [0, 0.05) is 29.4 Å². The van der Waals surface area contributed by atoms with Crippen molar-refractivity contribution in [2.75, 3.05) is 7.11 Å². The molecule has 0 radical (unpaired) electrons. The summed E-state index contributed by atoms with van der Waals surface area (Å²) in [6.45, 7) is 0.432. The largest absolute Gasteiger partial charge is 0.493 e. The maximum absolute atomic E-state index is 9.14. The number of methoxy groups -OCH3 is 1. The molecule has 0 N–H and O–H groups in total. The molecule has 5 aromatic rings. The molecule has 0 unspecified atom stereocenters. The van der Waals surface area contributed by atoms with Crippen LogP contribution in [0.15, 0.2) is 72.9 Å². The highest BCUT2D eigenvalue weighted by Gasteiger charge is 2.18. The minimum atomic E-state index is 0.432. The van der Waals surface area contributed by atoms with E-state index in [9.17, 15) is 0 Å². The molecule has 2 heterocycles. The third-order valence-corrected chi connectivity index (χ3v) is 5.48. The second-order valence-corrected chi connectivity index (χ2v) is 7.47. The molecule has 156 valence electrons. The molecular weight excluding hydrogens is 400 g/mol. The summed E-state index contributed by atoms with van der Waals surface area (Å²) in [7, 11) is 3.54. The van der Waals surface area contributed by atoms with Crippen molar-refractivity contribution in [1.82, 2.24) is 14.8 Å². The van der Waals surface area contributed by atoms with Gasteiger partial charge in [0.15, 0.2) is 11.5 Å². The molecule has 5 rings (SSSR count). The molecule has 0 bridgehead atoms. The van der Waals surface area contributed by atoms with Crippen molar-refractivity contribution >= 4 is 21.8 Å². The van der Waals surface area contributed by atoms with Crippen LogP contribution in [0, 0.1) is 11.3 Å². The molecular formula is C26H20N4O2. The van der Waals surface area contributed by atoms with Crippen molar-refractivity contribution in [2.24, 2.45) is 7.05 Å². The lowest BCUT2D eigenvalue weighted by atomic mass is 10.0. The predicted octanol–water partition coefficient (Wildman–Crippen LogP) is 5.25. The standard InChI is InChI=1S/C26H20N4O2/c1-30-26(19-10-8-17(14-27)9-11-19)25-20-12-24(32-16-18-6-4-3-5-7-18)23(31-2)13-21(20)28-15-22(25)29-30/h3-13,15H,16H2,1-2H3. The molecule has 3 aromatic carbocycles. The summed E-state index contributed by atoms with van der Waals surface area (Å²) in [4.78, 5) is 4.60. The van der Waals surface area contributed by atoms with Crippen LogP contribution in [0.3, 0.4) is 0 Å². The fourth-order valence-electron chi connectivity index (χ4n) is 3.93. The highest BCUT2D eigenvalue weighted by Crippen LogP contribution is 2.38. The molecule has 0 fully saturated rings. The molecule has 0 saturated heterocycles. The van der Waals surface area contributed by atoms with E-state index in [0.29, 0.717) is 23.7 Å².